The van der Waals surface area contributed by atoms with Gasteiger partial charge in [-0.3, -0.25) is 0 Å². The van der Waals surface area contributed by atoms with Crippen LogP contribution >= 0.6 is 45.9 Å². The van der Waals surface area contributed by atoms with Gasteiger partial charge in [-0.2, -0.15) is 3.35 Å². The molecule has 0 aliphatic carbocycles. The molecule has 0 atom stereocenters. The van der Waals surface area contributed by atoms with E-state index in [1.54, 1.807) is 21.1 Å². The van der Waals surface area contributed by atoms with Crippen LogP contribution in [0.25, 0.3) is 0 Å². The SMILES string of the molecule is S=C(S)n1ss1. The van der Waals surface area contributed by atoms with E-state index in [0.29, 0.717) is 4.32 Å². The van der Waals surface area contributed by atoms with E-state index in [-0.39, 0.29) is 0 Å². The van der Waals surface area contributed by atoms with Gasteiger partial charge in [0.2, 0.25) is 0 Å². The predicted octanol–water partition coefficient (Wildman–Crippen LogP) is 1.67. The van der Waals surface area contributed by atoms with Crippen LogP contribution in [0.2, 0.25) is 0 Å². The third kappa shape index (κ3) is 1.07. The molecule has 1 rings (SSSR count). The molecule has 0 aliphatic rings. The molecular weight excluding hydrogens is 154 g/mol. The molecule has 1 aromatic heterocycles. The quantitative estimate of drug-likeness (QED) is 0.339. The van der Waals surface area contributed by atoms with Gasteiger partial charge in [0.05, 0.1) is 0 Å². The van der Waals surface area contributed by atoms with E-state index in [4.69, 9.17) is 0 Å². The van der Waals surface area contributed by atoms with Crippen LogP contribution in [0.5, 0.6) is 0 Å². The fourth-order valence-corrected chi connectivity index (χ4v) is 1.87. The van der Waals surface area contributed by atoms with Crippen molar-refractivity contribution in [1.82, 2.24) is 3.35 Å². The monoisotopic (exact) mass is 155 g/mol. The molecule has 34 valence electrons. The summed E-state index contributed by atoms with van der Waals surface area (Å²) in [6.07, 6.45) is 0. The zero-order valence-corrected chi connectivity index (χ0v) is 5.96. The van der Waals surface area contributed by atoms with Crippen LogP contribution in [0.1, 0.15) is 0 Å². The summed E-state index contributed by atoms with van der Waals surface area (Å²) in [5.74, 6) is 0. The van der Waals surface area contributed by atoms with Crippen molar-refractivity contribution in [3.63, 3.8) is 0 Å². The second-order valence-corrected chi connectivity index (χ2v) is 3.96. The molecule has 1 aromatic rings. The molecule has 5 heteroatoms. The largest absolute Gasteiger partial charge is 0.182 e. The number of thiol groups is 1. The molecule has 0 aromatic carbocycles. The number of hydrogen-bond acceptors (Lipinski definition) is 3. The Balaban J connectivity index is 2.62. The molecule has 0 saturated heterocycles. The second-order valence-electron chi connectivity index (χ2n) is 0.689. The lowest BCUT2D eigenvalue weighted by Crippen LogP contribution is -1.81. The van der Waals surface area contributed by atoms with Crippen LogP contribution < -0.4 is 0 Å². The average Bonchev–Trinajstić information content (AvgIpc) is 2.06. The third-order valence-electron chi connectivity index (χ3n) is 0.305. The molecule has 0 fully saturated rings. The Bertz CT molecular complexity index is 125. The molecular formula is CHNS4. The van der Waals surface area contributed by atoms with Gasteiger partial charge in [-0.05, 0) is 0 Å². The third-order valence-corrected chi connectivity index (χ3v) is 2.75. The number of aromatic nitrogens is 1. The van der Waals surface area contributed by atoms with Gasteiger partial charge < -0.3 is 0 Å². The molecule has 1 nitrogen and oxygen atoms in total. The van der Waals surface area contributed by atoms with Crippen molar-refractivity contribution in [2.45, 2.75) is 0 Å². The maximum absolute atomic E-state index is 4.63. The van der Waals surface area contributed by atoms with Gasteiger partial charge in [-0.25, -0.2) is 0 Å². The standard InChI is InChI=1S/CHNS4/c3-1(4)2-5-6-2/h(H,3,4). The summed E-state index contributed by atoms with van der Waals surface area (Å²) in [7, 11) is 3.22. The Kier molecular flexibility index (Phi) is 1.33. The van der Waals surface area contributed by atoms with Crippen LogP contribution in [0.3, 0.4) is 0 Å². The molecule has 0 N–H and O–H groups in total. The lowest BCUT2D eigenvalue weighted by Gasteiger charge is -1.73. The van der Waals surface area contributed by atoms with Gasteiger partial charge in [0.25, 0.3) is 0 Å². The lowest BCUT2D eigenvalue weighted by atomic mass is 11.5. The van der Waals surface area contributed by atoms with Crippen LogP contribution in [-0.4, -0.2) is 7.67 Å². The van der Waals surface area contributed by atoms with Crippen molar-refractivity contribution in [3.05, 3.63) is 0 Å². The van der Waals surface area contributed by atoms with Crippen molar-refractivity contribution in [2.75, 3.05) is 0 Å². The molecule has 0 amide bonds. The first kappa shape index (κ1) is 4.83. The highest BCUT2D eigenvalue weighted by Crippen LogP contribution is 2.18. The van der Waals surface area contributed by atoms with Crippen LogP contribution in [0.4, 0.5) is 0 Å². The minimum absolute atomic E-state index is 0.657. The summed E-state index contributed by atoms with van der Waals surface area (Å²) < 4.78 is 2.50. The Morgan fingerprint density at radius 3 is 2.17 bits per heavy atom. The van der Waals surface area contributed by atoms with E-state index >= 15 is 0 Å². The summed E-state index contributed by atoms with van der Waals surface area (Å²) in [6, 6.07) is 0. The lowest BCUT2D eigenvalue weighted by molar-refractivity contribution is 1.65. The molecule has 0 unspecified atom stereocenters. The fourth-order valence-electron chi connectivity index (χ4n) is 0.0804. The highest BCUT2D eigenvalue weighted by atomic mass is 33.0. The normalized spacial score (nSPS) is 9.50. The second kappa shape index (κ2) is 1.65. The molecule has 0 bridgehead atoms. The fraction of sp³-hybridized carbons (Fsp3) is 0. The molecule has 0 saturated carbocycles. The Hall–Kier alpha value is 0.680. The molecule has 1 heterocycles. The van der Waals surface area contributed by atoms with Gasteiger partial charge in [0, 0.05) is 21.1 Å². The maximum Gasteiger partial charge on any atom is 0.163 e. The smallest absolute Gasteiger partial charge is 0.163 e. The molecule has 6 heavy (non-hydrogen) atoms. The number of thiocarbonyl (C=S) groups is 1. The van der Waals surface area contributed by atoms with E-state index in [2.05, 4.69) is 24.8 Å². The van der Waals surface area contributed by atoms with Gasteiger partial charge in [-0.1, -0.05) is 12.2 Å². The van der Waals surface area contributed by atoms with E-state index < -0.39 is 0 Å². The molecule has 0 radical (unpaired) electrons. The Labute approximate surface area is 53.7 Å². The minimum atomic E-state index is 0.657. The molecule has 0 aliphatic heterocycles. The highest BCUT2D eigenvalue weighted by molar-refractivity contribution is 8.12. The topological polar surface area (TPSA) is 4.93 Å². The van der Waals surface area contributed by atoms with Crippen molar-refractivity contribution in [2.24, 2.45) is 0 Å². The van der Waals surface area contributed by atoms with Crippen molar-refractivity contribution in [3.8, 4) is 0 Å². The number of hydrogen-bond donors (Lipinski definition) is 1. The van der Waals surface area contributed by atoms with E-state index in [1.807, 2.05) is 3.35 Å². The maximum atomic E-state index is 4.63. The van der Waals surface area contributed by atoms with Gasteiger partial charge in [0.15, 0.2) is 4.32 Å². The first-order valence-electron chi connectivity index (χ1n) is 1.18. The van der Waals surface area contributed by atoms with Crippen molar-refractivity contribution < 1.29 is 0 Å². The zero-order valence-electron chi connectivity index (χ0n) is 2.62. The molecule has 0 spiro atoms. The summed E-state index contributed by atoms with van der Waals surface area (Å²) in [4.78, 5) is 0. The van der Waals surface area contributed by atoms with Gasteiger partial charge in [0.1, 0.15) is 0 Å². The summed E-state index contributed by atoms with van der Waals surface area (Å²) in [5.41, 5.74) is 0. The summed E-state index contributed by atoms with van der Waals surface area (Å²) >= 11 is 8.50. The van der Waals surface area contributed by atoms with Crippen LogP contribution in [0, 0.1) is 0 Å². The predicted molar refractivity (Wildman–Crippen MR) is 37.2 cm³/mol. The average molecular weight is 155 g/mol. The van der Waals surface area contributed by atoms with Crippen molar-refractivity contribution in [1.29, 1.82) is 0 Å². The first-order valence-corrected chi connectivity index (χ1v) is 4.10. The summed E-state index contributed by atoms with van der Waals surface area (Å²) in [6.45, 7) is 0. The minimum Gasteiger partial charge on any atom is -0.182 e. The van der Waals surface area contributed by atoms with Crippen LogP contribution in [0.15, 0.2) is 0 Å². The van der Waals surface area contributed by atoms with Gasteiger partial charge in [-0.15, -0.1) is 12.6 Å². The van der Waals surface area contributed by atoms with E-state index in [0.717, 1.165) is 0 Å². The number of nitrogens with zero attached hydrogens (tertiary/aromatic N) is 1. The van der Waals surface area contributed by atoms with Crippen molar-refractivity contribution >= 4 is 50.2 Å². The summed E-state index contributed by atoms with van der Waals surface area (Å²) in [5, 5.41) is 0. The Morgan fingerprint density at radius 1 is 1.67 bits per heavy atom. The number of rotatable bonds is 0. The zero-order chi connectivity index (χ0) is 4.57. The Morgan fingerprint density at radius 2 is 2.17 bits per heavy atom. The van der Waals surface area contributed by atoms with E-state index in [1.165, 1.54) is 0 Å². The van der Waals surface area contributed by atoms with Gasteiger partial charge >= 0.3 is 0 Å². The first-order chi connectivity index (χ1) is 2.80. The highest BCUT2D eigenvalue weighted by Gasteiger charge is 1.96. The van der Waals surface area contributed by atoms with E-state index in [9.17, 15) is 0 Å². The van der Waals surface area contributed by atoms with Crippen LogP contribution in [-0.2, 0) is 0 Å².